The van der Waals surface area contributed by atoms with Gasteiger partial charge in [-0.15, -0.1) is 24.0 Å². The highest BCUT2D eigenvalue weighted by atomic mass is 127. The molecule has 4 rings (SSSR count). The molecule has 4 aliphatic rings. The van der Waals surface area contributed by atoms with Gasteiger partial charge in [-0.1, -0.05) is 6.42 Å². The molecule has 0 aromatic carbocycles. The molecule has 6 nitrogen and oxygen atoms in total. The van der Waals surface area contributed by atoms with Gasteiger partial charge in [-0.3, -0.25) is 4.99 Å². The zero-order chi connectivity index (χ0) is 19.4. The maximum atomic E-state index is 6.14. The van der Waals surface area contributed by atoms with Crippen molar-refractivity contribution in [3.63, 3.8) is 0 Å². The van der Waals surface area contributed by atoms with Crippen LogP contribution in [0.5, 0.6) is 0 Å². The fourth-order valence-corrected chi connectivity index (χ4v) is 5.44. The Morgan fingerprint density at radius 1 is 1.14 bits per heavy atom. The second-order valence-electron chi connectivity index (χ2n) is 8.92. The highest BCUT2D eigenvalue weighted by Gasteiger charge is 2.59. The first kappa shape index (κ1) is 23.5. The van der Waals surface area contributed by atoms with Gasteiger partial charge < -0.3 is 24.4 Å². The van der Waals surface area contributed by atoms with Crippen molar-refractivity contribution in [3.8, 4) is 0 Å². The fraction of sp³-hybridized carbons (Fsp3) is 0.955. The van der Waals surface area contributed by atoms with Crippen molar-refractivity contribution in [3.05, 3.63) is 0 Å². The van der Waals surface area contributed by atoms with Crippen molar-refractivity contribution in [1.29, 1.82) is 0 Å². The second kappa shape index (κ2) is 11.0. The average molecular weight is 521 g/mol. The first-order valence-electron chi connectivity index (χ1n) is 11.7. The van der Waals surface area contributed by atoms with Crippen molar-refractivity contribution >= 4 is 29.9 Å². The summed E-state index contributed by atoms with van der Waals surface area (Å²) in [6, 6.07) is 0.525. The Kier molecular flexibility index (Phi) is 8.89. The topological polar surface area (TPSA) is 55.3 Å². The van der Waals surface area contributed by atoms with Crippen LogP contribution in [0.4, 0.5) is 0 Å². The van der Waals surface area contributed by atoms with Gasteiger partial charge in [-0.05, 0) is 58.8 Å². The van der Waals surface area contributed by atoms with E-state index in [1.165, 1.54) is 25.7 Å². The van der Waals surface area contributed by atoms with Crippen molar-refractivity contribution in [2.24, 2.45) is 10.4 Å². The first-order valence-corrected chi connectivity index (χ1v) is 11.7. The third-order valence-electron chi connectivity index (χ3n) is 7.33. The lowest BCUT2D eigenvalue weighted by Gasteiger charge is -2.61. The lowest BCUT2D eigenvalue weighted by molar-refractivity contribution is -0.169. The molecule has 1 N–H and O–H groups in total. The predicted molar refractivity (Wildman–Crippen MR) is 126 cm³/mol. The summed E-state index contributed by atoms with van der Waals surface area (Å²) in [5, 5.41) is 3.83. The Labute approximate surface area is 193 Å². The van der Waals surface area contributed by atoms with Gasteiger partial charge in [-0.2, -0.15) is 0 Å². The lowest BCUT2D eigenvalue weighted by atomic mass is 9.51. The van der Waals surface area contributed by atoms with E-state index in [0.717, 1.165) is 71.1 Å². The zero-order valence-corrected chi connectivity index (χ0v) is 20.6. The van der Waals surface area contributed by atoms with Crippen LogP contribution in [0.3, 0.4) is 0 Å². The Hall–Kier alpha value is -0.120. The van der Waals surface area contributed by atoms with Crippen LogP contribution in [0.2, 0.25) is 0 Å². The summed E-state index contributed by atoms with van der Waals surface area (Å²) in [6.07, 6.45) is 10.7. The molecule has 0 aromatic rings. The first-order chi connectivity index (χ1) is 13.7. The number of aliphatic imine (C=N–C) groups is 1. The van der Waals surface area contributed by atoms with Gasteiger partial charge in [0.05, 0.1) is 24.9 Å². The maximum absolute atomic E-state index is 6.14. The number of piperidine rings is 1. The number of guanidine groups is 1. The molecule has 2 heterocycles. The quantitative estimate of drug-likeness (QED) is 0.316. The minimum absolute atomic E-state index is 0. The molecule has 168 valence electrons. The number of nitrogens with zero attached hydrogens (tertiary/aromatic N) is 2. The molecule has 2 aliphatic carbocycles. The Bertz CT molecular complexity index is 529. The Balaban J connectivity index is 0.00000240. The van der Waals surface area contributed by atoms with E-state index in [2.05, 4.69) is 24.1 Å². The highest BCUT2D eigenvalue weighted by molar-refractivity contribution is 14.0. The maximum Gasteiger partial charge on any atom is 0.194 e. The molecule has 2 aliphatic heterocycles. The molecule has 29 heavy (non-hydrogen) atoms. The number of nitrogens with one attached hydrogen (secondary N) is 1. The van der Waals surface area contributed by atoms with Crippen LogP contribution in [0.25, 0.3) is 0 Å². The number of halogens is 1. The molecule has 0 bridgehead atoms. The molecule has 0 aromatic heterocycles. The highest BCUT2D eigenvalue weighted by Crippen LogP contribution is 2.57. The fourth-order valence-electron chi connectivity index (χ4n) is 5.44. The van der Waals surface area contributed by atoms with E-state index in [0.29, 0.717) is 29.8 Å². The standard InChI is InChI=1S/C22H39N3O3.HI/c1-3-23-21(24-19-15-20(26-4-2)22(19)10-6-11-22)25-12-8-17(9-13-25)28-16-18-7-5-14-27-18;/h17-20H,3-16H2,1-2H3,(H,23,24);1H. The number of ether oxygens (including phenoxy) is 3. The second-order valence-corrected chi connectivity index (χ2v) is 8.92. The molecule has 2 saturated carbocycles. The third kappa shape index (κ3) is 5.21. The predicted octanol–water partition coefficient (Wildman–Crippen LogP) is 3.58. The van der Waals surface area contributed by atoms with E-state index in [1.54, 1.807) is 0 Å². The van der Waals surface area contributed by atoms with Gasteiger partial charge >= 0.3 is 0 Å². The summed E-state index contributed by atoms with van der Waals surface area (Å²) >= 11 is 0. The van der Waals surface area contributed by atoms with E-state index >= 15 is 0 Å². The van der Waals surface area contributed by atoms with Gasteiger partial charge in [0.1, 0.15) is 0 Å². The van der Waals surface area contributed by atoms with Crippen molar-refractivity contribution < 1.29 is 14.2 Å². The van der Waals surface area contributed by atoms with Crippen LogP contribution in [0.15, 0.2) is 4.99 Å². The molecule has 0 radical (unpaired) electrons. The monoisotopic (exact) mass is 521 g/mol. The molecule has 3 atom stereocenters. The van der Waals surface area contributed by atoms with Crippen LogP contribution < -0.4 is 5.32 Å². The number of rotatable bonds is 7. The van der Waals surface area contributed by atoms with E-state index in [9.17, 15) is 0 Å². The molecular formula is C22H40IN3O3. The molecule has 3 unspecified atom stereocenters. The summed E-state index contributed by atoms with van der Waals surface area (Å²) in [7, 11) is 0. The molecular weight excluding hydrogens is 481 g/mol. The van der Waals surface area contributed by atoms with Crippen LogP contribution in [-0.2, 0) is 14.2 Å². The molecule has 4 fully saturated rings. The van der Waals surface area contributed by atoms with Crippen LogP contribution in [0, 0.1) is 5.41 Å². The van der Waals surface area contributed by atoms with Crippen molar-refractivity contribution in [2.45, 2.75) is 89.6 Å². The van der Waals surface area contributed by atoms with E-state index in [4.69, 9.17) is 19.2 Å². The van der Waals surface area contributed by atoms with E-state index in [1.807, 2.05) is 0 Å². The Morgan fingerprint density at radius 3 is 2.52 bits per heavy atom. The normalized spacial score (nSPS) is 31.9. The molecule has 0 amide bonds. The van der Waals surface area contributed by atoms with E-state index < -0.39 is 0 Å². The average Bonchev–Trinajstić information content (AvgIpc) is 3.17. The van der Waals surface area contributed by atoms with Gasteiger partial charge in [0, 0.05) is 44.3 Å². The SMILES string of the molecule is CCN=C(NC1CC(OCC)C12CCC2)N1CCC(OCC2CCCO2)CC1.I. The summed E-state index contributed by atoms with van der Waals surface area (Å²) in [4.78, 5) is 7.27. The summed E-state index contributed by atoms with van der Waals surface area (Å²) < 4.78 is 17.8. The molecule has 2 saturated heterocycles. The minimum Gasteiger partial charge on any atom is -0.378 e. The molecule has 1 spiro atoms. The summed E-state index contributed by atoms with van der Waals surface area (Å²) in [5.41, 5.74) is 0.368. The lowest BCUT2D eigenvalue weighted by Crippen LogP contribution is -2.69. The largest absolute Gasteiger partial charge is 0.378 e. The van der Waals surface area contributed by atoms with Crippen LogP contribution in [0.1, 0.15) is 65.2 Å². The number of hydrogen-bond acceptors (Lipinski definition) is 4. The van der Waals surface area contributed by atoms with Gasteiger partial charge in [0.25, 0.3) is 0 Å². The number of likely N-dealkylation sites (tertiary alicyclic amines) is 1. The van der Waals surface area contributed by atoms with Gasteiger partial charge in [-0.25, -0.2) is 0 Å². The summed E-state index contributed by atoms with van der Waals surface area (Å²) in [5.74, 6) is 1.10. The minimum atomic E-state index is 0. The van der Waals surface area contributed by atoms with Gasteiger partial charge in [0.15, 0.2) is 5.96 Å². The number of hydrogen-bond donors (Lipinski definition) is 1. The van der Waals surface area contributed by atoms with Crippen LogP contribution >= 0.6 is 24.0 Å². The van der Waals surface area contributed by atoms with E-state index in [-0.39, 0.29) is 24.0 Å². The van der Waals surface area contributed by atoms with Gasteiger partial charge in [0.2, 0.25) is 0 Å². The molecule has 7 heteroatoms. The van der Waals surface area contributed by atoms with Crippen molar-refractivity contribution in [1.82, 2.24) is 10.2 Å². The Morgan fingerprint density at radius 2 is 1.93 bits per heavy atom. The van der Waals surface area contributed by atoms with Crippen LogP contribution in [-0.4, -0.2) is 74.7 Å². The third-order valence-corrected chi connectivity index (χ3v) is 7.33. The zero-order valence-electron chi connectivity index (χ0n) is 18.2. The van der Waals surface area contributed by atoms with Crippen molar-refractivity contribution in [2.75, 3.05) is 39.5 Å². The smallest absolute Gasteiger partial charge is 0.194 e. The summed E-state index contributed by atoms with van der Waals surface area (Å²) in [6.45, 7) is 9.61.